The molecule has 2 nitrogen and oxygen atoms in total. The van der Waals surface area contributed by atoms with Crippen LogP contribution in [-0.4, -0.2) is 13.7 Å². The Morgan fingerprint density at radius 3 is 2.62 bits per heavy atom. The maximum absolute atomic E-state index is 5.81. The molecule has 3 heteroatoms. The summed E-state index contributed by atoms with van der Waals surface area (Å²) in [6.45, 7) is 5.29. The number of benzene rings is 1. The summed E-state index contributed by atoms with van der Waals surface area (Å²) in [4.78, 5) is 0. The van der Waals surface area contributed by atoms with E-state index in [9.17, 15) is 0 Å². The normalized spacial score (nSPS) is 26.6. The molecule has 0 spiro atoms. The summed E-state index contributed by atoms with van der Waals surface area (Å²) >= 11 is 3.53. The third kappa shape index (κ3) is 1.66. The summed E-state index contributed by atoms with van der Waals surface area (Å²) in [7, 11) is 1.72. The first-order valence-corrected chi connectivity index (χ1v) is 6.35. The Morgan fingerprint density at radius 1 is 1.44 bits per heavy atom. The predicted octanol–water partition coefficient (Wildman–Crippen LogP) is 3.16. The van der Waals surface area contributed by atoms with Gasteiger partial charge in [-0.3, -0.25) is 0 Å². The maximum Gasteiger partial charge on any atom is 0.136 e. The molecule has 1 aliphatic rings. The molecule has 0 bridgehead atoms. The molecule has 1 fully saturated rings. The van der Waals surface area contributed by atoms with Crippen molar-refractivity contribution in [3.8, 4) is 5.75 Å². The van der Waals surface area contributed by atoms with Gasteiger partial charge in [0.25, 0.3) is 0 Å². The molecule has 0 radical (unpaired) electrons. The van der Waals surface area contributed by atoms with Gasteiger partial charge in [-0.25, -0.2) is 0 Å². The van der Waals surface area contributed by atoms with Crippen LogP contribution in [-0.2, 0) is 0 Å². The van der Waals surface area contributed by atoms with Crippen LogP contribution in [0.4, 0.5) is 0 Å². The van der Waals surface area contributed by atoms with Gasteiger partial charge < -0.3 is 10.5 Å². The zero-order chi connectivity index (χ0) is 11.9. The van der Waals surface area contributed by atoms with Crippen molar-refractivity contribution in [2.24, 2.45) is 17.1 Å². The Bertz CT molecular complexity index is 403. The molecule has 0 aliphatic heterocycles. The van der Waals surface area contributed by atoms with Crippen molar-refractivity contribution < 1.29 is 4.74 Å². The van der Waals surface area contributed by atoms with Gasteiger partial charge in [0.05, 0.1) is 11.6 Å². The zero-order valence-electron chi connectivity index (χ0n) is 9.96. The maximum atomic E-state index is 5.81. The van der Waals surface area contributed by atoms with Gasteiger partial charge in [-0.1, -0.05) is 26.0 Å². The number of nitrogens with two attached hydrogens (primary N) is 1. The molecule has 16 heavy (non-hydrogen) atoms. The molecular weight excluding hydrogens is 266 g/mol. The highest BCUT2D eigenvalue weighted by atomic mass is 79.9. The summed E-state index contributed by atoms with van der Waals surface area (Å²) in [6.07, 6.45) is 0. The number of halogens is 1. The fourth-order valence-corrected chi connectivity index (χ4v) is 3.33. The van der Waals surface area contributed by atoms with E-state index in [4.69, 9.17) is 10.5 Å². The lowest BCUT2D eigenvalue weighted by atomic mass is 10.0. The van der Waals surface area contributed by atoms with Crippen LogP contribution in [0.25, 0.3) is 0 Å². The summed E-state index contributed by atoms with van der Waals surface area (Å²) < 4.78 is 6.50. The van der Waals surface area contributed by atoms with Crippen molar-refractivity contribution in [1.82, 2.24) is 0 Å². The third-order valence-electron chi connectivity index (χ3n) is 3.84. The summed E-state index contributed by atoms with van der Waals surface area (Å²) in [5, 5.41) is 0. The van der Waals surface area contributed by atoms with E-state index in [2.05, 4.69) is 41.9 Å². The number of hydrogen-bond donors (Lipinski definition) is 1. The molecule has 0 aromatic heterocycles. The lowest BCUT2D eigenvalue weighted by Crippen LogP contribution is -2.05. The van der Waals surface area contributed by atoms with Crippen molar-refractivity contribution in [1.29, 1.82) is 0 Å². The van der Waals surface area contributed by atoms with Crippen molar-refractivity contribution >= 4 is 15.9 Å². The number of methoxy groups -OCH3 is 1. The molecule has 1 aromatic carbocycles. The van der Waals surface area contributed by atoms with Crippen molar-refractivity contribution in [2.45, 2.75) is 19.8 Å². The van der Waals surface area contributed by atoms with Gasteiger partial charge in [0, 0.05) is 0 Å². The Labute approximate surface area is 105 Å². The minimum Gasteiger partial charge on any atom is -0.495 e. The molecule has 88 valence electrons. The Morgan fingerprint density at radius 2 is 2.12 bits per heavy atom. The fraction of sp³-hybridized carbons (Fsp3) is 0.538. The summed E-state index contributed by atoms with van der Waals surface area (Å²) in [5.74, 6) is 2.04. The smallest absolute Gasteiger partial charge is 0.136 e. The second kappa shape index (κ2) is 4.04. The molecule has 0 saturated heterocycles. The first-order chi connectivity index (χ1) is 7.54. The standard InChI is InChI=1S/C13H18BrNO/c1-13(2)9(7-15)11(13)8-5-4-6-10(14)12(8)16-3/h4-6,9,11H,7,15H2,1-3H3/t9-,11-/m1/s1. The summed E-state index contributed by atoms with van der Waals surface area (Å²) in [6, 6.07) is 6.21. The van der Waals surface area contributed by atoms with E-state index in [0.29, 0.717) is 17.3 Å². The molecule has 2 atom stereocenters. The van der Waals surface area contributed by atoms with Gasteiger partial charge in [-0.2, -0.15) is 0 Å². The van der Waals surface area contributed by atoms with Gasteiger partial charge >= 0.3 is 0 Å². The SMILES string of the molecule is COc1c(Br)cccc1[C@@H]1[C@@H](CN)C1(C)C. The van der Waals surface area contributed by atoms with Crippen LogP contribution in [0, 0.1) is 11.3 Å². The van der Waals surface area contributed by atoms with Crippen molar-refractivity contribution in [2.75, 3.05) is 13.7 Å². The van der Waals surface area contributed by atoms with Gasteiger partial charge in [0.2, 0.25) is 0 Å². The Hall–Kier alpha value is -0.540. The van der Waals surface area contributed by atoms with Gasteiger partial charge in [-0.15, -0.1) is 0 Å². The number of rotatable bonds is 3. The Kier molecular flexibility index (Phi) is 3.01. The average Bonchev–Trinajstić information content (AvgIpc) is 2.79. The third-order valence-corrected chi connectivity index (χ3v) is 4.47. The summed E-state index contributed by atoms with van der Waals surface area (Å²) in [5.41, 5.74) is 7.38. The molecular formula is C13H18BrNO. The van der Waals surface area contributed by atoms with E-state index < -0.39 is 0 Å². The highest BCUT2D eigenvalue weighted by Crippen LogP contribution is 2.65. The number of ether oxygens (including phenoxy) is 1. The lowest BCUT2D eigenvalue weighted by molar-refractivity contribution is 0.405. The van der Waals surface area contributed by atoms with Crippen molar-refractivity contribution in [3.05, 3.63) is 28.2 Å². The average molecular weight is 284 g/mol. The molecule has 1 aromatic rings. The highest BCUT2D eigenvalue weighted by molar-refractivity contribution is 9.10. The molecule has 1 saturated carbocycles. The predicted molar refractivity (Wildman–Crippen MR) is 69.8 cm³/mol. The topological polar surface area (TPSA) is 35.2 Å². The van der Waals surface area contributed by atoms with Crippen LogP contribution in [0.2, 0.25) is 0 Å². The molecule has 2 rings (SSSR count). The molecule has 2 N–H and O–H groups in total. The van der Waals surface area contributed by atoms with Crippen LogP contribution >= 0.6 is 15.9 Å². The van der Waals surface area contributed by atoms with Crippen LogP contribution in [0.15, 0.2) is 22.7 Å². The number of para-hydroxylation sites is 1. The monoisotopic (exact) mass is 283 g/mol. The van der Waals surface area contributed by atoms with E-state index in [0.717, 1.165) is 16.8 Å². The minimum atomic E-state index is 0.294. The largest absolute Gasteiger partial charge is 0.495 e. The van der Waals surface area contributed by atoms with Gasteiger partial charge in [0.1, 0.15) is 5.75 Å². The van der Waals surface area contributed by atoms with E-state index in [1.165, 1.54) is 5.56 Å². The van der Waals surface area contributed by atoms with Gasteiger partial charge in [-0.05, 0) is 51.4 Å². The molecule has 0 amide bonds. The van der Waals surface area contributed by atoms with Crippen LogP contribution < -0.4 is 10.5 Å². The first kappa shape index (κ1) is 11.9. The molecule has 0 unspecified atom stereocenters. The zero-order valence-corrected chi connectivity index (χ0v) is 11.5. The van der Waals surface area contributed by atoms with E-state index in [-0.39, 0.29) is 0 Å². The van der Waals surface area contributed by atoms with E-state index in [1.807, 2.05) is 6.07 Å². The highest BCUT2D eigenvalue weighted by Gasteiger charge is 2.58. The van der Waals surface area contributed by atoms with Crippen LogP contribution in [0.3, 0.4) is 0 Å². The van der Waals surface area contributed by atoms with Crippen molar-refractivity contribution in [3.63, 3.8) is 0 Å². The first-order valence-electron chi connectivity index (χ1n) is 5.56. The Balaban J connectivity index is 2.39. The minimum absolute atomic E-state index is 0.294. The second-order valence-electron chi connectivity index (χ2n) is 5.00. The molecule has 0 heterocycles. The fourth-order valence-electron chi connectivity index (χ4n) is 2.79. The van der Waals surface area contributed by atoms with E-state index in [1.54, 1.807) is 7.11 Å². The van der Waals surface area contributed by atoms with Crippen LogP contribution in [0.1, 0.15) is 25.3 Å². The van der Waals surface area contributed by atoms with Gasteiger partial charge in [0.15, 0.2) is 0 Å². The quantitative estimate of drug-likeness (QED) is 0.925. The second-order valence-corrected chi connectivity index (χ2v) is 5.86. The molecule has 1 aliphatic carbocycles. The number of hydrogen-bond acceptors (Lipinski definition) is 2. The van der Waals surface area contributed by atoms with Crippen LogP contribution in [0.5, 0.6) is 5.75 Å². The van der Waals surface area contributed by atoms with E-state index >= 15 is 0 Å². The lowest BCUT2D eigenvalue weighted by Gasteiger charge is -2.11.